The van der Waals surface area contributed by atoms with Crippen LogP contribution in [0.2, 0.25) is 0 Å². The number of rotatable bonds is 5. The van der Waals surface area contributed by atoms with E-state index in [1.165, 1.54) is 11.3 Å². The van der Waals surface area contributed by atoms with Crippen molar-refractivity contribution >= 4 is 48.9 Å². The fourth-order valence-electron chi connectivity index (χ4n) is 1.94. The highest BCUT2D eigenvalue weighted by Gasteiger charge is 2.16. The number of aliphatic hydroxyl groups is 1. The molecule has 0 saturated heterocycles. The number of nitrogens with two attached hydrogens (primary N) is 1. The predicted molar refractivity (Wildman–Crippen MR) is 87.2 cm³/mol. The van der Waals surface area contributed by atoms with Crippen molar-refractivity contribution in [2.75, 3.05) is 12.3 Å². The Morgan fingerprint density at radius 1 is 1.55 bits per heavy atom. The molecule has 6 heteroatoms. The molecule has 1 heterocycles. The first-order valence-electron chi connectivity index (χ1n) is 6.43. The number of anilines is 1. The molecule has 0 bridgehead atoms. The molecule has 1 aromatic heterocycles. The number of thiophene rings is 1. The van der Waals surface area contributed by atoms with E-state index < -0.39 is 0 Å². The number of amides is 1. The quantitative estimate of drug-likeness (QED) is 0.720. The molecule has 20 heavy (non-hydrogen) atoms. The number of nitrogens with one attached hydrogen (secondary N) is 1. The average Bonchev–Trinajstić information content (AvgIpc) is 2.72. The van der Waals surface area contributed by atoms with E-state index in [1.54, 1.807) is 6.92 Å². The van der Waals surface area contributed by atoms with E-state index in [1.807, 2.05) is 18.2 Å². The highest BCUT2D eigenvalue weighted by atomic mass is 79.9. The summed E-state index contributed by atoms with van der Waals surface area (Å²) in [6, 6.07) is 5.80. The summed E-state index contributed by atoms with van der Waals surface area (Å²) in [6.07, 6.45) is 1.09. The third kappa shape index (κ3) is 3.50. The molecule has 0 aliphatic heterocycles. The van der Waals surface area contributed by atoms with Gasteiger partial charge in [0.15, 0.2) is 0 Å². The minimum Gasteiger partial charge on any atom is -0.397 e. The Hall–Kier alpha value is -1.11. The van der Waals surface area contributed by atoms with Crippen LogP contribution < -0.4 is 11.1 Å². The maximum atomic E-state index is 12.1. The minimum atomic E-state index is -0.335. The first-order valence-corrected chi connectivity index (χ1v) is 8.03. The summed E-state index contributed by atoms with van der Waals surface area (Å²) in [5.74, 6) is -0.148. The molecule has 1 aromatic carbocycles. The number of aliphatic hydroxyl groups excluding tert-OH is 1. The smallest absolute Gasteiger partial charge is 0.263 e. The monoisotopic (exact) mass is 356 g/mol. The maximum Gasteiger partial charge on any atom is 0.263 e. The van der Waals surface area contributed by atoms with E-state index in [9.17, 15) is 4.79 Å². The second kappa shape index (κ2) is 6.56. The topological polar surface area (TPSA) is 75.3 Å². The van der Waals surface area contributed by atoms with Crippen molar-refractivity contribution in [3.63, 3.8) is 0 Å². The van der Waals surface area contributed by atoms with Gasteiger partial charge in [-0.05, 0) is 38.0 Å². The van der Waals surface area contributed by atoms with Crippen molar-refractivity contribution in [3.8, 4) is 0 Å². The Kier molecular flexibility index (Phi) is 5.01. The van der Waals surface area contributed by atoms with Gasteiger partial charge in [0.2, 0.25) is 0 Å². The van der Waals surface area contributed by atoms with Crippen LogP contribution >= 0.6 is 27.3 Å². The van der Waals surface area contributed by atoms with Crippen LogP contribution in [0.4, 0.5) is 5.69 Å². The lowest BCUT2D eigenvalue weighted by atomic mass is 10.2. The minimum absolute atomic E-state index is 0.148. The first-order chi connectivity index (χ1) is 9.49. The van der Waals surface area contributed by atoms with Gasteiger partial charge < -0.3 is 16.2 Å². The maximum absolute atomic E-state index is 12.1. The normalized spacial score (nSPS) is 12.6. The van der Waals surface area contributed by atoms with E-state index in [-0.39, 0.29) is 12.0 Å². The molecule has 108 valence electrons. The Morgan fingerprint density at radius 2 is 2.30 bits per heavy atom. The van der Waals surface area contributed by atoms with Gasteiger partial charge in [0.05, 0.1) is 11.8 Å². The van der Waals surface area contributed by atoms with E-state index in [0.717, 1.165) is 21.0 Å². The molecule has 0 aliphatic rings. The fourth-order valence-corrected chi connectivity index (χ4v) is 3.32. The SMILES string of the molecule is CC(O)CCCNC(=O)c1sc2ccc(Br)cc2c1N. The van der Waals surface area contributed by atoms with Crippen LogP contribution in [0.3, 0.4) is 0 Å². The van der Waals surface area contributed by atoms with Crippen molar-refractivity contribution in [1.82, 2.24) is 5.32 Å². The second-order valence-corrected chi connectivity index (χ2v) is 6.70. The van der Waals surface area contributed by atoms with Gasteiger partial charge >= 0.3 is 0 Å². The zero-order valence-corrected chi connectivity index (χ0v) is 13.6. The summed E-state index contributed by atoms with van der Waals surface area (Å²) < 4.78 is 1.94. The molecule has 0 saturated carbocycles. The zero-order valence-electron chi connectivity index (χ0n) is 11.1. The molecule has 0 aliphatic carbocycles. The third-order valence-electron chi connectivity index (χ3n) is 2.98. The summed E-state index contributed by atoms with van der Waals surface area (Å²) in [5, 5.41) is 12.9. The van der Waals surface area contributed by atoms with Crippen LogP contribution in [0, 0.1) is 0 Å². The zero-order chi connectivity index (χ0) is 14.7. The Bertz CT molecular complexity index is 625. The Morgan fingerprint density at radius 3 is 3.00 bits per heavy atom. The lowest BCUT2D eigenvalue weighted by Crippen LogP contribution is -2.24. The summed E-state index contributed by atoms with van der Waals surface area (Å²) in [4.78, 5) is 12.7. The van der Waals surface area contributed by atoms with Crippen LogP contribution in [0.15, 0.2) is 22.7 Å². The molecule has 0 radical (unpaired) electrons. The lowest BCUT2D eigenvalue weighted by molar-refractivity contribution is 0.0954. The van der Waals surface area contributed by atoms with Gasteiger partial charge in [-0.1, -0.05) is 15.9 Å². The van der Waals surface area contributed by atoms with Crippen LogP contribution in [-0.4, -0.2) is 23.7 Å². The largest absolute Gasteiger partial charge is 0.397 e. The summed E-state index contributed by atoms with van der Waals surface area (Å²) in [7, 11) is 0. The molecule has 1 unspecified atom stereocenters. The van der Waals surface area contributed by atoms with E-state index in [0.29, 0.717) is 23.5 Å². The first kappa shape index (κ1) is 15.3. The predicted octanol–water partition coefficient (Wildman–Crippen LogP) is 3.14. The lowest BCUT2D eigenvalue weighted by Gasteiger charge is -2.05. The third-order valence-corrected chi connectivity index (χ3v) is 4.66. The van der Waals surface area contributed by atoms with Crippen molar-refractivity contribution in [2.45, 2.75) is 25.9 Å². The molecule has 2 rings (SSSR count). The van der Waals surface area contributed by atoms with Crippen molar-refractivity contribution in [1.29, 1.82) is 0 Å². The van der Waals surface area contributed by atoms with Gasteiger partial charge in [-0.2, -0.15) is 0 Å². The molecule has 1 amide bonds. The molecule has 0 fully saturated rings. The molecule has 2 aromatic rings. The molecule has 0 spiro atoms. The summed E-state index contributed by atoms with van der Waals surface area (Å²) in [6.45, 7) is 2.28. The number of fused-ring (bicyclic) bond motifs is 1. The van der Waals surface area contributed by atoms with Crippen molar-refractivity contribution in [3.05, 3.63) is 27.5 Å². The van der Waals surface area contributed by atoms with Crippen LogP contribution in [0.25, 0.3) is 10.1 Å². The van der Waals surface area contributed by atoms with Gasteiger partial charge in [0, 0.05) is 21.1 Å². The Balaban J connectivity index is 2.08. The van der Waals surface area contributed by atoms with Gasteiger partial charge in [-0.25, -0.2) is 0 Å². The molecular weight excluding hydrogens is 340 g/mol. The number of nitrogen functional groups attached to an aromatic ring is 1. The second-order valence-electron chi connectivity index (χ2n) is 4.73. The van der Waals surface area contributed by atoms with E-state index >= 15 is 0 Å². The number of benzene rings is 1. The Labute approximate surface area is 130 Å². The fraction of sp³-hybridized carbons (Fsp3) is 0.357. The van der Waals surface area contributed by atoms with Gasteiger partial charge in [0.25, 0.3) is 5.91 Å². The summed E-state index contributed by atoms with van der Waals surface area (Å²) >= 11 is 4.80. The number of hydrogen-bond donors (Lipinski definition) is 3. The molecular formula is C14H17BrN2O2S. The number of carbonyl (C=O) groups excluding carboxylic acids is 1. The molecule has 4 nitrogen and oxygen atoms in total. The van der Waals surface area contributed by atoms with E-state index in [4.69, 9.17) is 10.8 Å². The van der Waals surface area contributed by atoms with Crippen LogP contribution in [0.1, 0.15) is 29.4 Å². The molecule has 1 atom stereocenters. The van der Waals surface area contributed by atoms with Gasteiger partial charge in [-0.15, -0.1) is 11.3 Å². The number of halogens is 1. The van der Waals surface area contributed by atoms with Crippen molar-refractivity contribution < 1.29 is 9.90 Å². The highest BCUT2D eigenvalue weighted by molar-refractivity contribution is 9.10. The average molecular weight is 357 g/mol. The molecule has 4 N–H and O–H groups in total. The highest BCUT2D eigenvalue weighted by Crippen LogP contribution is 2.35. The van der Waals surface area contributed by atoms with Gasteiger partial charge in [0.1, 0.15) is 4.88 Å². The van der Waals surface area contributed by atoms with Crippen LogP contribution in [0.5, 0.6) is 0 Å². The summed E-state index contributed by atoms with van der Waals surface area (Å²) in [5.41, 5.74) is 6.58. The number of hydrogen-bond acceptors (Lipinski definition) is 4. The standard InChI is InChI=1S/C14H17BrN2O2S/c1-8(18)3-2-6-17-14(19)13-12(16)10-7-9(15)4-5-11(10)20-13/h4-5,7-8,18H,2-3,6,16H2,1H3,(H,17,19). The van der Waals surface area contributed by atoms with E-state index in [2.05, 4.69) is 21.2 Å². The van der Waals surface area contributed by atoms with Crippen LogP contribution in [-0.2, 0) is 0 Å². The van der Waals surface area contributed by atoms with Crippen molar-refractivity contribution in [2.24, 2.45) is 0 Å². The number of carbonyl (C=O) groups is 1. The van der Waals surface area contributed by atoms with Gasteiger partial charge in [-0.3, -0.25) is 4.79 Å².